The molecule has 0 aliphatic carbocycles. The highest BCUT2D eigenvalue weighted by atomic mass is 16.5. The van der Waals surface area contributed by atoms with Gasteiger partial charge >= 0.3 is 0 Å². The molecule has 0 radical (unpaired) electrons. The van der Waals surface area contributed by atoms with Gasteiger partial charge in [-0.1, -0.05) is 41.4 Å². The summed E-state index contributed by atoms with van der Waals surface area (Å²) in [5, 5.41) is 6.98. The molecule has 32 heavy (non-hydrogen) atoms. The number of pyridine rings is 1. The van der Waals surface area contributed by atoms with Crippen molar-refractivity contribution in [2.75, 3.05) is 0 Å². The highest BCUT2D eigenvalue weighted by molar-refractivity contribution is 5.98. The number of carbonyl (C=O) groups is 1. The van der Waals surface area contributed by atoms with Gasteiger partial charge in [-0.15, -0.1) is 0 Å². The normalized spacial score (nSPS) is 13.3. The third kappa shape index (κ3) is 4.61. The van der Waals surface area contributed by atoms with Gasteiger partial charge in [0.05, 0.1) is 11.3 Å². The summed E-state index contributed by atoms with van der Waals surface area (Å²) in [6.07, 6.45) is 3.56. The molecule has 1 aliphatic rings. The number of ether oxygens (including phenoxy) is 1. The molecule has 0 spiro atoms. The minimum atomic E-state index is -0.231. The van der Waals surface area contributed by atoms with Gasteiger partial charge in [-0.25, -0.2) is 0 Å². The molecule has 0 saturated carbocycles. The third-order valence-corrected chi connectivity index (χ3v) is 5.99. The van der Waals surface area contributed by atoms with Gasteiger partial charge in [0.1, 0.15) is 23.7 Å². The zero-order chi connectivity index (χ0) is 22.7. The van der Waals surface area contributed by atoms with Gasteiger partial charge in [-0.2, -0.15) is 0 Å². The van der Waals surface area contributed by atoms with E-state index in [-0.39, 0.29) is 18.1 Å². The maximum Gasteiger partial charge on any atom is 0.257 e. The van der Waals surface area contributed by atoms with E-state index < -0.39 is 0 Å². The highest BCUT2D eigenvalue weighted by Gasteiger charge is 2.24. The molecule has 3 aromatic rings. The fraction of sp³-hybridized carbons (Fsp3) is 0.400. The van der Waals surface area contributed by atoms with Gasteiger partial charge in [0.15, 0.2) is 0 Å². The van der Waals surface area contributed by atoms with E-state index in [4.69, 9.17) is 9.26 Å². The molecular weight excluding hydrogens is 406 g/mol. The van der Waals surface area contributed by atoms with Crippen molar-refractivity contribution in [2.45, 2.75) is 66.2 Å². The Morgan fingerprint density at radius 1 is 1.19 bits per heavy atom. The van der Waals surface area contributed by atoms with Gasteiger partial charge in [0.2, 0.25) is 0 Å². The van der Waals surface area contributed by atoms with Crippen LogP contribution in [0, 0.1) is 20.8 Å². The first-order valence-electron chi connectivity index (χ1n) is 11.1. The van der Waals surface area contributed by atoms with Crippen LogP contribution in [-0.4, -0.2) is 15.6 Å². The summed E-state index contributed by atoms with van der Waals surface area (Å²) in [4.78, 5) is 26.2. The van der Waals surface area contributed by atoms with Crippen molar-refractivity contribution in [3.63, 3.8) is 0 Å². The number of amides is 1. The Bertz CT molecular complexity index is 1170. The number of hydrogen-bond donors (Lipinski definition) is 1. The predicted octanol–water partition coefficient (Wildman–Crippen LogP) is 4.00. The topological polar surface area (TPSA) is 86.4 Å². The molecule has 0 fully saturated rings. The minimum absolute atomic E-state index is 0.133. The van der Waals surface area contributed by atoms with Crippen LogP contribution in [0.5, 0.6) is 5.75 Å². The van der Waals surface area contributed by atoms with Gasteiger partial charge in [0, 0.05) is 24.8 Å². The average Bonchev–Trinajstić information content (AvgIpc) is 2.94. The number of rotatable bonds is 6. The van der Waals surface area contributed by atoms with E-state index in [9.17, 15) is 9.59 Å². The summed E-state index contributed by atoms with van der Waals surface area (Å²) in [5.41, 5.74) is 4.80. The molecule has 0 atom stereocenters. The molecule has 1 amide bonds. The maximum absolute atomic E-state index is 13.4. The van der Waals surface area contributed by atoms with E-state index in [0.717, 1.165) is 47.3 Å². The lowest BCUT2D eigenvalue weighted by Gasteiger charge is -2.19. The van der Waals surface area contributed by atoms with Crippen molar-refractivity contribution in [1.29, 1.82) is 0 Å². The number of nitrogens with zero attached hydrogens (tertiary/aromatic N) is 2. The van der Waals surface area contributed by atoms with Crippen LogP contribution in [0.1, 0.15) is 63.5 Å². The van der Waals surface area contributed by atoms with E-state index in [1.165, 1.54) is 6.07 Å². The first-order chi connectivity index (χ1) is 15.4. The van der Waals surface area contributed by atoms with Crippen LogP contribution in [0.25, 0.3) is 0 Å². The number of hydrogen-bond acceptors (Lipinski definition) is 5. The quantitative estimate of drug-likeness (QED) is 0.633. The Morgan fingerprint density at radius 2 is 2.03 bits per heavy atom. The number of carbonyl (C=O) groups excluding carboxylic acids is 1. The van der Waals surface area contributed by atoms with Crippen molar-refractivity contribution in [1.82, 2.24) is 15.0 Å². The number of fused-ring (bicyclic) bond motifs is 1. The second-order valence-electron chi connectivity index (χ2n) is 8.39. The molecule has 7 nitrogen and oxygen atoms in total. The molecule has 1 aromatic carbocycles. The molecule has 2 aromatic heterocycles. The van der Waals surface area contributed by atoms with Crippen molar-refractivity contribution in [3.05, 3.63) is 80.1 Å². The standard InChI is InChI=1S/C25H29N3O4/c1-16-8-7-9-19(12-16)14-26-25(30)24-21-10-5-4-6-11-28(21)23(29)13-22(24)31-15-20-17(2)27-32-18(20)3/h7-9,12-13H,4-6,10-11,14-15H2,1-3H3,(H,26,30). The molecule has 168 valence electrons. The molecule has 3 heterocycles. The monoisotopic (exact) mass is 435 g/mol. The van der Waals surface area contributed by atoms with Crippen LogP contribution in [0.2, 0.25) is 0 Å². The van der Waals surface area contributed by atoms with Crippen LogP contribution < -0.4 is 15.6 Å². The van der Waals surface area contributed by atoms with E-state index in [2.05, 4.69) is 10.5 Å². The fourth-order valence-electron chi connectivity index (χ4n) is 4.22. The smallest absolute Gasteiger partial charge is 0.257 e. The minimum Gasteiger partial charge on any atom is -0.488 e. The molecule has 7 heteroatoms. The van der Waals surface area contributed by atoms with Crippen molar-refractivity contribution in [2.24, 2.45) is 0 Å². The lowest BCUT2D eigenvalue weighted by molar-refractivity contribution is 0.0944. The Morgan fingerprint density at radius 3 is 2.78 bits per heavy atom. The van der Waals surface area contributed by atoms with E-state index in [1.807, 2.05) is 45.0 Å². The van der Waals surface area contributed by atoms with Crippen molar-refractivity contribution in [3.8, 4) is 5.75 Å². The fourth-order valence-corrected chi connectivity index (χ4v) is 4.22. The molecular formula is C25H29N3O4. The SMILES string of the molecule is Cc1cccc(CNC(=O)c2c(OCc3c(C)noc3C)cc(=O)n3c2CCCCC3)c1. The lowest BCUT2D eigenvalue weighted by atomic mass is 10.1. The first kappa shape index (κ1) is 21.9. The second kappa shape index (κ2) is 9.42. The third-order valence-electron chi connectivity index (χ3n) is 5.99. The summed E-state index contributed by atoms with van der Waals surface area (Å²) in [6.45, 7) is 6.90. The molecule has 4 rings (SSSR count). The lowest BCUT2D eigenvalue weighted by Crippen LogP contribution is -2.31. The number of aryl methyl sites for hydroxylation is 3. The van der Waals surface area contributed by atoms with Gasteiger partial charge in [-0.3, -0.25) is 9.59 Å². The van der Waals surface area contributed by atoms with Gasteiger partial charge < -0.3 is 19.1 Å². The first-order valence-corrected chi connectivity index (χ1v) is 11.1. The summed E-state index contributed by atoms with van der Waals surface area (Å²) in [6, 6.07) is 9.47. The number of aromatic nitrogens is 2. The largest absolute Gasteiger partial charge is 0.488 e. The van der Waals surface area contributed by atoms with Gasteiger partial charge in [0.25, 0.3) is 11.5 Å². The Hall–Kier alpha value is -3.35. The highest BCUT2D eigenvalue weighted by Crippen LogP contribution is 2.26. The number of benzene rings is 1. The summed E-state index contributed by atoms with van der Waals surface area (Å²) >= 11 is 0. The summed E-state index contributed by atoms with van der Waals surface area (Å²) < 4.78 is 13.0. The molecule has 1 aliphatic heterocycles. The molecule has 0 unspecified atom stereocenters. The molecule has 0 bridgehead atoms. The summed E-state index contributed by atoms with van der Waals surface area (Å²) in [5.74, 6) is 0.746. The van der Waals surface area contributed by atoms with Crippen LogP contribution in [-0.2, 0) is 26.1 Å². The zero-order valence-corrected chi connectivity index (χ0v) is 18.9. The Kier molecular flexibility index (Phi) is 6.44. The van der Waals surface area contributed by atoms with E-state index >= 15 is 0 Å². The molecule has 0 saturated heterocycles. The van der Waals surface area contributed by atoms with E-state index in [0.29, 0.717) is 36.6 Å². The van der Waals surface area contributed by atoms with Crippen molar-refractivity contribution < 1.29 is 14.1 Å². The predicted molar refractivity (Wildman–Crippen MR) is 121 cm³/mol. The maximum atomic E-state index is 13.4. The van der Waals surface area contributed by atoms with Crippen molar-refractivity contribution >= 4 is 5.91 Å². The second-order valence-corrected chi connectivity index (χ2v) is 8.39. The zero-order valence-electron chi connectivity index (χ0n) is 18.9. The van der Waals surface area contributed by atoms with Gasteiger partial charge in [-0.05, 0) is 45.6 Å². The van der Waals surface area contributed by atoms with Crippen LogP contribution in [0.3, 0.4) is 0 Å². The van der Waals surface area contributed by atoms with E-state index in [1.54, 1.807) is 4.57 Å². The molecule has 1 N–H and O–H groups in total. The van der Waals surface area contributed by atoms with Crippen LogP contribution in [0.4, 0.5) is 0 Å². The average molecular weight is 436 g/mol. The number of nitrogens with one attached hydrogen (secondary N) is 1. The van der Waals surface area contributed by atoms with Crippen LogP contribution in [0.15, 0.2) is 39.6 Å². The Labute approximate surface area is 187 Å². The Balaban J connectivity index is 1.67. The van der Waals surface area contributed by atoms with Crippen LogP contribution >= 0.6 is 0 Å². The summed E-state index contributed by atoms with van der Waals surface area (Å²) in [7, 11) is 0.